The van der Waals surface area contributed by atoms with Crippen LogP contribution in [0.2, 0.25) is 0 Å². The van der Waals surface area contributed by atoms with E-state index in [1.807, 2.05) is 42.5 Å². The summed E-state index contributed by atoms with van der Waals surface area (Å²) in [7, 11) is -0.0712. The Balaban J connectivity index is 1.72. The van der Waals surface area contributed by atoms with Crippen LogP contribution in [0.1, 0.15) is 17.5 Å². The van der Waals surface area contributed by atoms with Gasteiger partial charge in [0.15, 0.2) is 27.1 Å². The van der Waals surface area contributed by atoms with Crippen LogP contribution in [0.5, 0.6) is 11.5 Å². The third kappa shape index (κ3) is 5.30. The van der Waals surface area contributed by atoms with Crippen LogP contribution in [0.4, 0.5) is 0 Å². The van der Waals surface area contributed by atoms with Gasteiger partial charge in [-0.3, -0.25) is 4.79 Å². The van der Waals surface area contributed by atoms with Crippen LogP contribution in [-0.2, 0) is 25.9 Å². The minimum Gasteiger partial charge on any atom is -0.493 e. The summed E-state index contributed by atoms with van der Waals surface area (Å²) >= 11 is 1.58. The molecule has 4 rings (SSSR count). The molecular formula is C24H27NO6S2. The molecular weight excluding hydrogens is 462 g/mol. The van der Waals surface area contributed by atoms with Gasteiger partial charge in [-0.1, -0.05) is 36.4 Å². The number of nitrogens with zero attached hydrogens (tertiary/aromatic N) is 1. The van der Waals surface area contributed by atoms with Gasteiger partial charge in [0.1, 0.15) is 0 Å². The zero-order chi connectivity index (χ0) is 23.4. The molecule has 0 N–H and O–H groups in total. The Bertz CT molecular complexity index is 1150. The molecule has 1 atom stereocenters. The van der Waals surface area contributed by atoms with Gasteiger partial charge >= 0.3 is 0 Å². The first-order valence-electron chi connectivity index (χ1n) is 10.7. The number of hydrogen-bond donors (Lipinski definition) is 0. The van der Waals surface area contributed by atoms with Crippen molar-refractivity contribution in [3.63, 3.8) is 0 Å². The maximum atomic E-state index is 13.8. The fourth-order valence-corrected chi connectivity index (χ4v) is 6.76. The van der Waals surface area contributed by atoms with Crippen molar-refractivity contribution in [3.8, 4) is 11.5 Å². The van der Waals surface area contributed by atoms with Gasteiger partial charge in [-0.25, -0.2) is 8.42 Å². The molecule has 33 heavy (non-hydrogen) atoms. The third-order valence-electron chi connectivity index (χ3n) is 5.72. The van der Waals surface area contributed by atoms with Crippen molar-refractivity contribution in [3.05, 3.63) is 65.4 Å². The number of rotatable bonds is 7. The molecule has 0 saturated carbocycles. The molecule has 2 aromatic rings. The van der Waals surface area contributed by atoms with Gasteiger partial charge in [-0.05, 0) is 29.7 Å². The first-order chi connectivity index (χ1) is 15.9. The van der Waals surface area contributed by atoms with Gasteiger partial charge in [0.05, 0.1) is 37.2 Å². The van der Waals surface area contributed by atoms with E-state index < -0.39 is 15.9 Å². The zero-order valence-electron chi connectivity index (χ0n) is 18.7. The summed E-state index contributed by atoms with van der Waals surface area (Å²) in [6.07, 6.45) is 0.405. The second kappa shape index (κ2) is 10.1. The quantitative estimate of drug-likeness (QED) is 0.590. The second-order valence-electron chi connectivity index (χ2n) is 7.90. The van der Waals surface area contributed by atoms with Gasteiger partial charge < -0.3 is 19.1 Å². The van der Waals surface area contributed by atoms with E-state index in [0.717, 1.165) is 21.8 Å². The summed E-state index contributed by atoms with van der Waals surface area (Å²) in [5.41, 5.74) is 1.73. The Kier molecular flexibility index (Phi) is 7.19. The predicted molar refractivity (Wildman–Crippen MR) is 129 cm³/mol. The Labute approximate surface area is 198 Å². The SMILES string of the molecule is COc1ccc(CN(C(=O)C2=C(c3ccccc3)SCCO2)[C@@H]2CCS(=O)(=O)C2)cc1OC. The summed E-state index contributed by atoms with van der Waals surface area (Å²) in [6, 6.07) is 14.7. The lowest BCUT2D eigenvalue weighted by Crippen LogP contribution is -2.42. The number of hydrogen-bond acceptors (Lipinski definition) is 7. The predicted octanol–water partition coefficient (Wildman–Crippen LogP) is 3.35. The van der Waals surface area contributed by atoms with Crippen LogP contribution >= 0.6 is 11.8 Å². The van der Waals surface area contributed by atoms with E-state index in [4.69, 9.17) is 14.2 Å². The number of thioether (sulfide) groups is 1. The second-order valence-corrected chi connectivity index (χ2v) is 11.2. The average Bonchev–Trinajstić information content (AvgIpc) is 3.21. The minimum atomic E-state index is -3.19. The lowest BCUT2D eigenvalue weighted by atomic mass is 10.1. The first-order valence-corrected chi connectivity index (χ1v) is 13.5. The normalized spacial score (nSPS) is 19.6. The molecule has 9 heteroatoms. The van der Waals surface area contributed by atoms with Gasteiger partial charge in [-0.2, -0.15) is 0 Å². The fraction of sp³-hybridized carbons (Fsp3) is 0.375. The summed E-state index contributed by atoms with van der Waals surface area (Å²) in [6.45, 7) is 0.661. The zero-order valence-corrected chi connectivity index (χ0v) is 20.3. The lowest BCUT2D eigenvalue weighted by molar-refractivity contribution is -0.133. The van der Waals surface area contributed by atoms with Gasteiger partial charge in [0.2, 0.25) is 0 Å². The van der Waals surface area contributed by atoms with Gasteiger partial charge in [0, 0.05) is 18.3 Å². The molecule has 0 bridgehead atoms. The van der Waals surface area contributed by atoms with E-state index in [2.05, 4.69) is 0 Å². The molecule has 0 radical (unpaired) electrons. The van der Waals surface area contributed by atoms with E-state index in [0.29, 0.717) is 24.5 Å². The van der Waals surface area contributed by atoms with Crippen LogP contribution in [0, 0.1) is 0 Å². The molecule has 2 heterocycles. The standard InChI is InChI=1S/C24H27NO6S2/c1-29-20-9-8-17(14-21(20)30-2)15-25(19-10-13-33(27,28)16-19)24(26)22-23(32-12-11-31-22)18-6-4-3-5-7-18/h3-9,14,19H,10-13,15-16H2,1-2H3/t19-/m1/s1. The number of benzene rings is 2. The number of ether oxygens (including phenoxy) is 3. The van der Waals surface area contributed by atoms with Crippen LogP contribution in [0.25, 0.3) is 4.91 Å². The molecule has 1 amide bonds. The van der Waals surface area contributed by atoms with E-state index in [-0.39, 0.29) is 29.7 Å². The van der Waals surface area contributed by atoms with Crippen LogP contribution < -0.4 is 9.47 Å². The molecule has 0 aromatic heterocycles. The fourth-order valence-electron chi connectivity index (χ4n) is 4.08. The van der Waals surface area contributed by atoms with Crippen molar-refractivity contribution in [1.29, 1.82) is 0 Å². The van der Waals surface area contributed by atoms with Gasteiger partial charge in [0.25, 0.3) is 5.91 Å². The van der Waals surface area contributed by atoms with Crippen molar-refractivity contribution in [2.45, 2.75) is 19.0 Å². The van der Waals surface area contributed by atoms with Crippen molar-refractivity contribution >= 4 is 32.4 Å². The van der Waals surface area contributed by atoms with E-state index in [9.17, 15) is 13.2 Å². The topological polar surface area (TPSA) is 82.1 Å². The molecule has 0 unspecified atom stereocenters. The maximum absolute atomic E-state index is 13.8. The smallest absolute Gasteiger partial charge is 0.290 e. The summed E-state index contributed by atoms with van der Waals surface area (Å²) in [5, 5.41) is 0. The molecule has 0 spiro atoms. The Hall–Kier alpha value is -2.65. The van der Waals surface area contributed by atoms with Crippen molar-refractivity contribution in [2.75, 3.05) is 38.1 Å². The Morgan fingerprint density at radius 2 is 1.88 bits per heavy atom. The largest absolute Gasteiger partial charge is 0.493 e. The van der Waals surface area contributed by atoms with Crippen LogP contribution in [-0.4, -0.2) is 63.4 Å². The highest BCUT2D eigenvalue weighted by Crippen LogP contribution is 2.37. The molecule has 2 aromatic carbocycles. The number of carbonyl (C=O) groups excluding carboxylic acids is 1. The number of amides is 1. The number of sulfone groups is 1. The maximum Gasteiger partial charge on any atom is 0.290 e. The van der Waals surface area contributed by atoms with Crippen molar-refractivity contribution in [2.24, 2.45) is 0 Å². The lowest BCUT2D eigenvalue weighted by Gasteiger charge is -2.31. The summed E-state index contributed by atoms with van der Waals surface area (Å²) < 4.78 is 41.1. The molecule has 2 aliphatic rings. The van der Waals surface area contributed by atoms with Crippen molar-refractivity contribution in [1.82, 2.24) is 4.90 Å². The minimum absolute atomic E-state index is 0.0485. The molecule has 176 valence electrons. The summed E-state index contributed by atoms with van der Waals surface area (Å²) in [5.74, 6) is 1.90. The monoisotopic (exact) mass is 489 g/mol. The summed E-state index contributed by atoms with van der Waals surface area (Å²) in [4.78, 5) is 16.3. The molecule has 1 fully saturated rings. The third-order valence-corrected chi connectivity index (χ3v) is 8.55. The molecule has 1 saturated heterocycles. The highest BCUT2D eigenvalue weighted by Gasteiger charge is 2.37. The van der Waals surface area contributed by atoms with Crippen LogP contribution in [0.3, 0.4) is 0 Å². The molecule has 0 aliphatic carbocycles. The molecule has 2 aliphatic heterocycles. The number of carbonyl (C=O) groups is 1. The Morgan fingerprint density at radius 3 is 2.55 bits per heavy atom. The van der Waals surface area contributed by atoms with Crippen molar-refractivity contribution < 1.29 is 27.4 Å². The number of methoxy groups -OCH3 is 2. The van der Waals surface area contributed by atoms with E-state index in [1.165, 1.54) is 0 Å². The van der Waals surface area contributed by atoms with E-state index in [1.54, 1.807) is 36.9 Å². The van der Waals surface area contributed by atoms with E-state index >= 15 is 0 Å². The first kappa shape index (κ1) is 23.5. The Morgan fingerprint density at radius 1 is 1.12 bits per heavy atom. The molecule has 7 nitrogen and oxygen atoms in total. The van der Waals surface area contributed by atoms with Gasteiger partial charge in [-0.15, -0.1) is 11.8 Å². The van der Waals surface area contributed by atoms with Crippen LogP contribution in [0.15, 0.2) is 54.3 Å². The highest BCUT2D eigenvalue weighted by molar-refractivity contribution is 8.08. The highest BCUT2D eigenvalue weighted by atomic mass is 32.2. The average molecular weight is 490 g/mol.